The lowest BCUT2D eigenvalue weighted by Crippen LogP contribution is -2.29. The van der Waals surface area contributed by atoms with Gasteiger partial charge in [-0.3, -0.25) is 4.79 Å². The molecule has 0 bridgehead atoms. The molecule has 34 heavy (non-hydrogen) atoms. The third-order valence-corrected chi connectivity index (χ3v) is 6.83. The quantitative estimate of drug-likeness (QED) is 0.470. The molecule has 1 aromatic heterocycles. The molecule has 1 fully saturated rings. The number of amides is 1. The molecule has 2 heterocycles. The van der Waals surface area contributed by atoms with Crippen molar-refractivity contribution >= 4 is 40.7 Å². The van der Waals surface area contributed by atoms with Crippen molar-refractivity contribution in [1.29, 1.82) is 0 Å². The number of anilines is 2. The summed E-state index contributed by atoms with van der Waals surface area (Å²) >= 11 is 12.8. The number of piperidine rings is 1. The van der Waals surface area contributed by atoms with Crippen LogP contribution in [0.5, 0.6) is 5.88 Å². The summed E-state index contributed by atoms with van der Waals surface area (Å²) < 4.78 is 5.38. The Morgan fingerprint density at radius 2 is 1.82 bits per heavy atom. The van der Waals surface area contributed by atoms with Gasteiger partial charge in [-0.1, -0.05) is 35.3 Å². The number of hydrogen-bond donors (Lipinski definition) is 2. The van der Waals surface area contributed by atoms with E-state index in [1.54, 1.807) is 18.2 Å². The fourth-order valence-corrected chi connectivity index (χ4v) is 5.01. The van der Waals surface area contributed by atoms with Crippen molar-refractivity contribution < 1.29 is 9.53 Å². The Kier molecular flexibility index (Phi) is 7.26. The summed E-state index contributed by atoms with van der Waals surface area (Å²) in [6, 6.07) is 11.3. The van der Waals surface area contributed by atoms with Gasteiger partial charge in [-0.15, -0.1) is 0 Å². The molecule has 0 saturated carbocycles. The molecule has 1 aliphatic rings. The molecule has 4 rings (SSSR count). The van der Waals surface area contributed by atoms with E-state index in [2.05, 4.69) is 46.3 Å². The molecule has 2 aromatic carbocycles. The molecule has 1 aliphatic heterocycles. The molecule has 0 aliphatic carbocycles. The van der Waals surface area contributed by atoms with Gasteiger partial charge in [0.25, 0.3) is 5.91 Å². The third kappa shape index (κ3) is 4.97. The van der Waals surface area contributed by atoms with Crippen LogP contribution in [-0.2, 0) is 0 Å². The monoisotopic (exact) mass is 499 g/mol. The molecular weight excluding hydrogens is 473 g/mol. The van der Waals surface area contributed by atoms with E-state index < -0.39 is 5.91 Å². The van der Waals surface area contributed by atoms with E-state index in [-0.39, 0.29) is 23.1 Å². The van der Waals surface area contributed by atoms with Crippen LogP contribution in [0.3, 0.4) is 0 Å². The molecule has 3 N–H and O–H groups in total. The molecule has 0 unspecified atom stereocenters. The standard InChI is InChI=1S/C25H27Cl2N5O2/c1-14-13-16(7-8-17(14)15-9-11-32(2)12-10-15)29-25-30-22(20-18(26)5-4-6-19(20)27)21(23(28)33)24(31-25)34-3/h4-8,13,15H,9-12H2,1-3H3,(H2,28,33)(H,29,30,31). The zero-order valence-electron chi connectivity index (χ0n) is 19.4. The summed E-state index contributed by atoms with van der Waals surface area (Å²) in [5, 5.41) is 3.89. The lowest BCUT2D eigenvalue weighted by atomic mass is 9.87. The predicted octanol–water partition coefficient (Wildman–Crippen LogP) is 5.42. The maximum absolute atomic E-state index is 12.3. The first-order chi connectivity index (χ1) is 16.3. The topological polar surface area (TPSA) is 93.4 Å². The summed E-state index contributed by atoms with van der Waals surface area (Å²) in [6.45, 7) is 4.33. The number of ether oxygens (including phenoxy) is 1. The van der Waals surface area contributed by atoms with Crippen molar-refractivity contribution in [3.05, 3.63) is 63.1 Å². The number of rotatable bonds is 6. The average molecular weight is 500 g/mol. The van der Waals surface area contributed by atoms with Crippen LogP contribution in [0.15, 0.2) is 36.4 Å². The Hall–Kier alpha value is -2.87. The van der Waals surface area contributed by atoms with E-state index in [1.807, 2.05) is 6.07 Å². The molecule has 9 heteroatoms. The second kappa shape index (κ2) is 10.2. The number of aryl methyl sites for hydroxylation is 1. The maximum Gasteiger partial charge on any atom is 0.256 e. The van der Waals surface area contributed by atoms with Crippen molar-refractivity contribution in [3.63, 3.8) is 0 Å². The van der Waals surface area contributed by atoms with E-state index in [1.165, 1.54) is 18.2 Å². The SMILES string of the molecule is COc1nc(Nc2ccc(C3CCN(C)CC3)c(C)c2)nc(-c2c(Cl)cccc2Cl)c1C(N)=O. The normalized spacial score (nSPS) is 14.7. The lowest BCUT2D eigenvalue weighted by Gasteiger charge is -2.30. The van der Waals surface area contributed by atoms with Gasteiger partial charge >= 0.3 is 0 Å². The number of benzene rings is 2. The summed E-state index contributed by atoms with van der Waals surface area (Å²) in [4.78, 5) is 23.6. The van der Waals surface area contributed by atoms with Gasteiger partial charge in [-0.25, -0.2) is 4.98 Å². The molecule has 0 atom stereocenters. The molecule has 0 spiro atoms. The van der Waals surface area contributed by atoms with Crippen LogP contribution in [0.25, 0.3) is 11.3 Å². The van der Waals surface area contributed by atoms with Gasteiger partial charge in [0.2, 0.25) is 11.8 Å². The van der Waals surface area contributed by atoms with Gasteiger partial charge < -0.3 is 20.7 Å². The highest BCUT2D eigenvalue weighted by molar-refractivity contribution is 6.39. The van der Waals surface area contributed by atoms with Gasteiger partial charge in [-0.2, -0.15) is 4.98 Å². The van der Waals surface area contributed by atoms with Crippen LogP contribution in [0.2, 0.25) is 10.0 Å². The van der Waals surface area contributed by atoms with Crippen LogP contribution in [0, 0.1) is 6.92 Å². The molecular formula is C25H27Cl2N5O2. The number of aromatic nitrogens is 2. The van der Waals surface area contributed by atoms with E-state index in [0.29, 0.717) is 21.5 Å². The minimum absolute atomic E-state index is 0.0110. The molecule has 1 saturated heterocycles. The Morgan fingerprint density at radius 1 is 1.15 bits per heavy atom. The Bertz CT molecular complexity index is 1210. The van der Waals surface area contributed by atoms with Gasteiger partial charge in [0, 0.05) is 11.3 Å². The molecule has 0 radical (unpaired) electrons. The number of likely N-dealkylation sites (tertiary alicyclic amines) is 1. The number of carbonyl (C=O) groups is 1. The van der Waals surface area contributed by atoms with Gasteiger partial charge in [-0.05, 0) is 81.2 Å². The van der Waals surface area contributed by atoms with Crippen molar-refractivity contribution in [2.24, 2.45) is 5.73 Å². The largest absolute Gasteiger partial charge is 0.480 e. The van der Waals surface area contributed by atoms with Gasteiger partial charge in [0.05, 0.1) is 22.8 Å². The number of nitrogens with one attached hydrogen (secondary N) is 1. The van der Waals surface area contributed by atoms with E-state index in [9.17, 15) is 4.79 Å². The fraction of sp³-hybridized carbons (Fsp3) is 0.320. The highest BCUT2D eigenvalue weighted by atomic mass is 35.5. The first-order valence-electron chi connectivity index (χ1n) is 11.0. The maximum atomic E-state index is 12.3. The predicted molar refractivity (Wildman–Crippen MR) is 136 cm³/mol. The minimum Gasteiger partial charge on any atom is -0.480 e. The number of carbonyl (C=O) groups excluding carboxylic acids is 1. The Balaban J connectivity index is 1.71. The van der Waals surface area contributed by atoms with Crippen molar-refractivity contribution in [3.8, 4) is 17.1 Å². The van der Waals surface area contributed by atoms with Gasteiger partial charge in [0.1, 0.15) is 5.56 Å². The first kappa shape index (κ1) is 24.3. The zero-order chi connectivity index (χ0) is 24.4. The van der Waals surface area contributed by atoms with Crippen LogP contribution in [0.1, 0.15) is 40.2 Å². The Labute approximate surface area is 209 Å². The molecule has 178 valence electrons. The van der Waals surface area contributed by atoms with Crippen LogP contribution in [0.4, 0.5) is 11.6 Å². The van der Waals surface area contributed by atoms with E-state index in [4.69, 9.17) is 33.7 Å². The van der Waals surface area contributed by atoms with Gasteiger partial charge in [0.15, 0.2) is 0 Å². The summed E-state index contributed by atoms with van der Waals surface area (Å²) in [5.41, 5.74) is 9.63. The molecule has 3 aromatic rings. The van der Waals surface area contributed by atoms with E-state index >= 15 is 0 Å². The highest BCUT2D eigenvalue weighted by Gasteiger charge is 2.25. The van der Waals surface area contributed by atoms with E-state index in [0.717, 1.165) is 31.6 Å². The number of methoxy groups -OCH3 is 1. The number of nitrogens with zero attached hydrogens (tertiary/aromatic N) is 3. The van der Waals surface area contributed by atoms with Crippen molar-refractivity contribution in [2.45, 2.75) is 25.7 Å². The Morgan fingerprint density at radius 3 is 2.41 bits per heavy atom. The first-order valence-corrected chi connectivity index (χ1v) is 11.8. The minimum atomic E-state index is -0.743. The lowest BCUT2D eigenvalue weighted by molar-refractivity contribution is 0.0997. The number of primary amides is 1. The molecule has 1 amide bonds. The van der Waals surface area contributed by atoms with Crippen LogP contribution < -0.4 is 15.8 Å². The number of hydrogen-bond acceptors (Lipinski definition) is 6. The summed E-state index contributed by atoms with van der Waals surface area (Å²) in [7, 11) is 3.58. The summed E-state index contributed by atoms with van der Waals surface area (Å²) in [5.74, 6) is 0.0908. The van der Waals surface area contributed by atoms with Crippen LogP contribution >= 0.6 is 23.2 Å². The average Bonchev–Trinajstić information content (AvgIpc) is 2.79. The fourth-order valence-electron chi connectivity index (χ4n) is 4.43. The highest BCUT2D eigenvalue weighted by Crippen LogP contribution is 2.38. The molecule has 7 nitrogen and oxygen atoms in total. The van der Waals surface area contributed by atoms with Crippen molar-refractivity contribution in [1.82, 2.24) is 14.9 Å². The summed E-state index contributed by atoms with van der Waals surface area (Å²) in [6.07, 6.45) is 2.31. The second-order valence-corrected chi connectivity index (χ2v) is 9.33. The second-order valence-electron chi connectivity index (χ2n) is 8.51. The number of halogens is 2. The zero-order valence-corrected chi connectivity index (χ0v) is 20.9. The smallest absolute Gasteiger partial charge is 0.256 e. The third-order valence-electron chi connectivity index (χ3n) is 6.20. The van der Waals surface area contributed by atoms with Crippen molar-refractivity contribution in [2.75, 3.05) is 32.6 Å². The van der Waals surface area contributed by atoms with Crippen LogP contribution in [-0.4, -0.2) is 48.0 Å². The number of nitrogens with two attached hydrogens (primary N) is 1.